The smallest absolute Gasteiger partial charge is 0.258 e. The first-order chi connectivity index (χ1) is 10.6. The Morgan fingerprint density at radius 3 is 2.82 bits per heavy atom. The van der Waals surface area contributed by atoms with Crippen molar-refractivity contribution >= 4 is 23.2 Å². The van der Waals surface area contributed by atoms with Crippen LogP contribution in [-0.2, 0) is 11.3 Å². The Bertz CT molecular complexity index is 642. The van der Waals surface area contributed by atoms with E-state index in [0.717, 1.165) is 0 Å². The predicted octanol–water partition coefficient (Wildman–Crippen LogP) is 2.67. The number of carbonyl (C=O) groups excluding carboxylic acids is 1. The summed E-state index contributed by atoms with van der Waals surface area (Å²) < 4.78 is 15.5. The molecule has 3 N–H and O–H groups in total. The Hall–Kier alpha value is -2.02. The molecule has 0 saturated carbocycles. The van der Waals surface area contributed by atoms with Crippen LogP contribution in [0.15, 0.2) is 34.9 Å². The molecular weight excluding hydrogens is 308 g/mol. The molecule has 0 bridgehead atoms. The molecule has 118 valence electrons. The molecule has 0 aliphatic heterocycles. The standard InChI is InChI=1S/C15H17ClN2O4/c1-20-4-5-21-14-3-2-11(7-13(14)16)18-15(19)10-6-12(8-17)22-9-10/h2-3,6-7,9H,4-5,8,17H2,1H3,(H,18,19). The molecule has 0 saturated heterocycles. The van der Waals surface area contributed by atoms with Crippen LogP contribution in [0.25, 0.3) is 0 Å². The number of halogens is 1. The minimum Gasteiger partial charge on any atom is -0.490 e. The van der Waals surface area contributed by atoms with Crippen LogP contribution in [0.4, 0.5) is 5.69 Å². The molecule has 0 unspecified atom stereocenters. The number of benzene rings is 1. The highest BCUT2D eigenvalue weighted by atomic mass is 35.5. The molecule has 7 heteroatoms. The van der Waals surface area contributed by atoms with E-state index in [-0.39, 0.29) is 12.5 Å². The van der Waals surface area contributed by atoms with Crippen molar-refractivity contribution in [2.45, 2.75) is 6.54 Å². The van der Waals surface area contributed by atoms with Gasteiger partial charge in [0, 0.05) is 12.8 Å². The summed E-state index contributed by atoms with van der Waals surface area (Å²) in [5.74, 6) is 0.781. The molecule has 6 nitrogen and oxygen atoms in total. The van der Waals surface area contributed by atoms with Crippen LogP contribution >= 0.6 is 11.6 Å². The highest BCUT2D eigenvalue weighted by Gasteiger charge is 2.11. The summed E-state index contributed by atoms with van der Waals surface area (Å²) in [7, 11) is 1.59. The number of nitrogens with one attached hydrogen (secondary N) is 1. The van der Waals surface area contributed by atoms with Gasteiger partial charge in [0.1, 0.15) is 24.4 Å². The van der Waals surface area contributed by atoms with Gasteiger partial charge in [0.15, 0.2) is 0 Å². The maximum Gasteiger partial charge on any atom is 0.258 e. The second kappa shape index (κ2) is 7.84. The number of nitrogens with two attached hydrogens (primary N) is 1. The number of hydrogen-bond donors (Lipinski definition) is 2. The van der Waals surface area contributed by atoms with Crippen LogP contribution in [0.3, 0.4) is 0 Å². The van der Waals surface area contributed by atoms with Crippen molar-refractivity contribution in [1.29, 1.82) is 0 Å². The van der Waals surface area contributed by atoms with E-state index in [4.69, 9.17) is 31.2 Å². The van der Waals surface area contributed by atoms with Crippen molar-refractivity contribution in [3.05, 3.63) is 46.9 Å². The third kappa shape index (κ3) is 4.24. The minimum atomic E-state index is -0.299. The quantitative estimate of drug-likeness (QED) is 0.765. The zero-order valence-corrected chi connectivity index (χ0v) is 12.9. The fourth-order valence-electron chi connectivity index (χ4n) is 1.74. The molecule has 0 aliphatic carbocycles. The number of methoxy groups -OCH3 is 1. The van der Waals surface area contributed by atoms with Gasteiger partial charge >= 0.3 is 0 Å². The molecule has 0 spiro atoms. The molecule has 2 aromatic rings. The first-order valence-corrected chi connectivity index (χ1v) is 7.02. The van der Waals surface area contributed by atoms with Gasteiger partial charge in [0.25, 0.3) is 5.91 Å². The van der Waals surface area contributed by atoms with E-state index in [9.17, 15) is 4.79 Å². The molecular formula is C15H17ClN2O4. The Kier molecular flexibility index (Phi) is 5.83. The van der Waals surface area contributed by atoms with Crippen molar-refractivity contribution in [1.82, 2.24) is 0 Å². The van der Waals surface area contributed by atoms with E-state index in [1.54, 1.807) is 31.4 Å². The molecule has 1 aromatic heterocycles. The second-order valence-corrected chi connectivity index (χ2v) is 4.85. The number of amides is 1. The number of furan rings is 1. The summed E-state index contributed by atoms with van der Waals surface area (Å²) >= 11 is 6.11. The largest absolute Gasteiger partial charge is 0.490 e. The maximum absolute atomic E-state index is 12.0. The van der Waals surface area contributed by atoms with Crippen molar-refractivity contribution in [3.8, 4) is 5.75 Å². The van der Waals surface area contributed by atoms with Gasteiger partial charge in [-0.25, -0.2) is 0 Å². The highest BCUT2D eigenvalue weighted by molar-refractivity contribution is 6.32. The van der Waals surface area contributed by atoms with Crippen LogP contribution in [0.5, 0.6) is 5.75 Å². The van der Waals surface area contributed by atoms with Gasteiger partial charge < -0.3 is 24.9 Å². The molecule has 2 rings (SSSR count). The van der Waals surface area contributed by atoms with Crippen LogP contribution in [-0.4, -0.2) is 26.2 Å². The van der Waals surface area contributed by atoms with Gasteiger partial charge in [-0.1, -0.05) is 11.6 Å². The number of anilines is 1. The topological polar surface area (TPSA) is 86.7 Å². The van der Waals surface area contributed by atoms with Crippen molar-refractivity contribution in [2.75, 3.05) is 25.6 Å². The van der Waals surface area contributed by atoms with E-state index in [1.807, 2.05) is 0 Å². The van der Waals surface area contributed by atoms with Crippen LogP contribution in [0.1, 0.15) is 16.1 Å². The van der Waals surface area contributed by atoms with Crippen molar-refractivity contribution in [3.63, 3.8) is 0 Å². The molecule has 0 fully saturated rings. The number of rotatable bonds is 7. The van der Waals surface area contributed by atoms with E-state index in [2.05, 4.69) is 5.32 Å². The van der Waals surface area contributed by atoms with E-state index < -0.39 is 0 Å². The molecule has 0 aliphatic rings. The zero-order valence-electron chi connectivity index (χ0n) is 12.1. The number of carbonyl (C=O) groups is 1. The Morgan fingerprint density at radius 2 is 2.18 bits per heavy atom. The molecule has 1 aromatic carbocycles. The van der Waals surface area contributed by atoms with Crippen molar-refractivity contribution in [2.24, 2.45) is 5.73 Å². The number of ether oxygens (including phenoxy) is 2. The summed E-state index contributed by atoms with van der Waals surface area (Å²) in [5.41, 5.74) is 6.40. The molecule has 0 atom stereocenters. The van der Waals surface area contributed by atoms with Gasteiger partial charge in [-0.05, 0) is 24.3 Å². The Balaban J connectivity index is 2.00. The van der Waals surface area contributed by atoms with Gasteiger partial charge in [-0.2, -0.15) is 0 Å². The minimum absolute atomic E-state index is 0.243. The van der Waals surface area contributed by atoms with Gasteiger partial charge in [-0.15, -0.1) is 0 Å². The van der Waals surface area contributed by atoms with E-state index in [0.29, 0.717) is 41.0 Å². The molecule has 0 radical (unpaired) electrons. The van der Waals surface area contributed by atoms with Gasteiger partial charge in [0.05, 0.1) is 23.7 Å². The monoisotopic (exact) mass is 324 g/mol. The summed E-state index contributed by atoms with van der Waals surface area (Å²) in [5, 5.41) is 3.13. The fourth-order valence-corrected chi connectivity index (χ4v) is 1.98. The van der Waals surface area contributed by atoms with E-state index >= 15 is 0 Å². The lowest BCUT2D eigenvalue weighted by Crippen LogP contribution is -2.11. The molecule has 22 heavy (non-hydrogen) atoms. The lowest BCUT2D eigenvalue weighted by atomic mass is 10.2. The molecule has 1 amide bonds. The first-order valence-electron chi connectivity index (χ1n) is 6.64. The summed E-state index contributed by atoms with van der Waals surface area (Å²) in [6, 6.07) is 6.61. The average molecular weight is 325 g/mol. The normalized spacial score (nSPS) is 10.5. The van der Waals surface area contributed by atoms with Crippen LogP contribution < -0.4 is 15.8 Å². The van der Waals surface area contributed by atoms with E-state index in [1.165, 1.54) is 6.26 Å². The highest BCUT2D eigenvalue weighted by Crippen LogP contribution is 2.28. The first kappa shape index (κ1) is 16.4. The number of hydrogen-bond acceptors (Lipinski definition) is 5. The second-order valence-electron chi connectivity index (χ2n) is 4.45. The third-order valence-corrected chi connectivity index (χ3v) is 3.15. The van der Waals surface area contributed by atoms with Crippen LogP contribution in [0, 0.1) is 0 Å². The summed E-state index contributed by atoms with van der Waals surface area (Å²) in [4.78, 5) is 12.0. The zero-order chi connectivity index (χ0) is 15.9. The summed E-state index contributed by atoms with van der Waals surface area (Å²) in [6.07, 6.45) is 1.36. The van der Waals surface area contributed by atoms with Gasteiger partial charge in [0.2, 0.25) is 0 Å². The fraction of sp³-hybridized carbons (Fsp3) is 0.267. The lowest BCUT2D eigenvalue weighted by molar-refractivity contribution is 0.102. The Labute approximate surface area is 133 Å². The lowest BCUT2D eigenvalue weighted by Gasteiger charge is -2.09. The maximum atomic E-state index is 12.0. The SMILES string of the molecule is COCCOc1ccc(NC(=O)c2coc(CN)c2)cc1Cl. The predicted molar refractivity (Wildman–Crippen MR) is 83.4 cm³/mol. The average Bonchev–Trinajstić information content (AvgIpc) is 2.99. The van der Waals surface area contributed by atoms with Gasteiger partial charge in [-0.3, -0.25) is 4.79 Å². The van der Waals surface area contributed by atoms with Crippen LogP contribution in [0.2, 0.25) is 5.02 Å². The summed E-state index contributed by atoms with van der Waals surface area (Å²) in [6.45, 7) is 1.12. The molecule has 1 heterocycles. The van der Waals surface area contributed by atoms with Crippen molar-refractivity contribution < 1.29 is 18.7 Å². The Morgan fingerprint density at radius 1 is 1.36 bits per heavy atom. The third-order valence-electron chi connectivity index (χ3n) is 2.85.